The van der Waals surface area contributed by atoms with Crippen LogP contribution in [0.2, 0.25) is 0 Å². The number of hydrogen-bond acceptors (Lipinski definition) is 0. The van der Waals surface area contributed by atoms with Crippen LogP contribution in [0.25, 0.3) is 0 Å². The van der Waals surface area contributed by atoms with E-state index in [1.54, 1.807) is 0 Å². The van der Waals surface area contributed by atoms with E-state index in [1.165, 1.54) is 0 Å². The van der Waals surface area contributed by atoms with Gasteiger partial charge in [0, 0.05) is 0 Å². The second-order valence-electron chi connectivity index (χ2n) is 0.609. The predicted molar refractivity (Wildman–Crippen MR) is 26.4 cm³/mol. The molecule has 0 amide bonds. The molecule has 0 heterocycles. The highest BCUT2D eigenvalue weighted by atomic mass is 35.6. The predicted octanol–water partition coefficient (Wildman–Crippen LogP) is 1.38. The van der Waals surface area contributed by atoms with Crippen LogP contribution in [0.15, 0.2) is 11.8 Å². The van der Waals surface area contributed by atoms with Crippen molar-refractivity contribution in [1.29, 1.82) is 0 Å². The first-order valence-corrected chi connectivity index (χ1v) is 3.48. The summed E-state index contributed by atoms with van der Waals surface area (Å²) in [5.41, 5.74) is 1.92. The minimum Gasteiger partial charge on any atom is -0.165 e. The van der Waals surface area contributed by atoms with Crippen molar-refractivity contribution in [1.82, 2.24) is 0 Å². The van der Waals surface area contributed by atoms with E-state index in [2.05, 4.69) is 0 Å². The summed E-state index contributed by atoms with van der Waals surface area (Å²) in [6.07, 6.45) is 1.94. The summed E-state index contributed by atoms with van der Waals surface area (Å²) < 4.78 is 0. The molecule has 28 valence electrons. The first-order chi connectivity index (χ1) is 2.41. The molecule has 0 bridgehead atoms. The fourth-order valence-electron chi connectivity index (χ4n) is 0.0630. The summed E-state index contributed by atoms with van der Waals surface area (Å²) in [5.74, 6) is 0. The summed E-state index contributed by atoms with van der Waals surface area (Å²) in [6.45, 7) is 1.95. The van der Waals surface area contributed by atoms with Gasteiger partial charge < -0.3 is 0 Å². The molecule has 0 nitrogen and oxygen atoms in total. The van der Waals surface area contributed by atoms with Crippen LogP contribution in [0, 0.1) is 0 Å². The van der Waals surface area contributed by atoms with Gasteiger partial charge in [-0.05, 0) is 6.92 Å². The lowest BCUT2D eigenvalue weighted by atomic mass is 10.8. The van der Waals surface area contributed by atoms with Crippen molar-refractivity contribution in [3.63, 3.8) is 0 Å². The Labute approximate surface area is 39.4 Å². The Bertz CT molecular complexity index is 33.9. The quantitative estimate of drug-likeness (QED) is 0.348. The normalized spacial score (nSPS) is 10.0. The van der Waals surface area contributed by atoms with Gasteiger partial charge in [-0.25, -0.2) is 0 Å². The summed E-state index contributed by atoms with van der Waals surface area (Å²) in [7, 11) is 0.449. The standard InChI is InChI=1S/C3H5ClSi/c1-2-3-5-4/h2-3H,1H3. The van der Waals surface area contributed by atoms with Gasteiger partial charge in [-0.1, -0.05) is 11.8 Å². The van der Waals surface area contributed by atoms with Gasteiger partial charge in [0.2, 0.25) is 8.83 Å². The van der Waals surface area contributed by atoms with Gasteiger partial charge in [-0.15, -0.1) is 0 Å². The lowest BCUT2D eigenvalue weighted by Gasteiger charge is -1.59. The number of allylic oxidation sites excluding steroid dienone is 1. The fraction of sp³-hybridized carbons (Fsp3) is 0.333. The molecular weight excluding hydrogens is 99.6 g/mol. The molecule has 0 aromatic carbocycles. The summed E-state index contributed by atoms with van der Waals surface area (Å²) >= 11 is 5.24. The second-order valence-corrected chi connectivity index (χ2v) is 1.82. The first-order valence-electron chi connectivity index (χ1n) is 1.39. The molecule has 0 fully saturated rings. The Kier molecular flexibility index (Phi) is 4.46. The fourth-order valence-corrected chi connectivity index (χ4v) is 0.567. The van der Waals surface area contributed by atoms with E-state index >= 15 is 0 Å². The lowest BCUT2D eigenvalue weighted by molar-refractivity contribution is 1.78. The molecule has 0 rings (SSSR count). The topological polar surface area (TPSA) is 0 Å². The van der Waals surface area contributed by atoms with E-state index in [1.807, 2.05) is 18.7 Å². The van der Waals surface area contributed by atoms with E-state index in [0.717, 1.165) is 0 Å². The van der Waals surface area contributed by atoms with Gasteiger partial charge in [0.05, 0.1) is 0 Å². The highest BCUT2D eigenvalue weighted by Crippen LogP contribution is 1.68. The first kappa shape index (κ1) is 5.25. The largest absolute Gasteiger partial charge is 0.202 e. The van der Waals surface area contributed by atoms with Crippen LogP contribution in [0.5, 0.6) is 0 Å². The maximum absolute atomic E-state index is 5.24. The van der Waals surface area contributed by atoms with Crippen LogP contribution in [-0.2, 0) is 0 Å². The van der Waals surface area contributed by atoms with E-state index in [9.17, 15) is 0 Å². The van der Waals surface area contributed by atoms with Gasteiger partial charge in [0.15, 0.2) is 0 Å². The van der Waals surface area contributed by atoms with E-state index < -0.39 is 0 Å². The molecular formula is C3H5ClSi. The van der Waals surface area contributed by atoms with Crippen LogP contribution in [0.1, 0.15) is 6.92 Å². The number of hydrogen-bond donors (Lipinski definition) is 0. The van der Waals surface area contributed by atoms with Gasteiger partial charge >= 0.3 is 0 Å². The van der Waals surface area contributed by atoms with Gasteiger partial charge in [0.25, 0.3) is 0 Å². The van der Waals surface area contributed by atoms with Crippen LogP contribution >= 0.6 is 11.1 Å². The van der Waals surface area contributed by atoms with Crippen molar-refractivity contribution in [3.05, 3.63) is 11.8 Å². The molecule has 5 heavy (non-hydrogen) atoms. The average molecular weight is 105 g/mol. The Morgan fingerprint density at radius 2 is 2.40 bits per heavy atom. The molecule has 2 heteroatoms. The summed E-state index contributed by atoms with van der Waals surface area (Å²) in [5, 5.41) is 0. The highest BCUT2D eigenvalue weighted by Gasteiger charge is 1.59. The van der Waals surface area contributed by atoms with Crippen molar-refractivity contribution < 1.29 is 0 Å². The van der Waals surface area contributed by atoms with Gasteiger partial charge in [-0.3, -0.25) is 0 Å². The number of halogens is 1. The van der Waals surface area contributed by atoms with Crippen molar-refractivity contribution in [2.45, 2.75) is 6.92 Å². The second kappa shape index (κ2) is 4.25. The molecule has 0 saturated heterocycles. The van der Waals surface area contributed by atoms with E-state index in [0.29, 0.717) is 8.83 Å². The minimum atomic E-state index is 0.449. The van der Waals surface area contributed by atoms with Crippen molar-refractivity contribution >= 4 is 19.9 Å². The SMILES string of the molecule is CC=C[Si]Cl. The third kappa shape index (κ3) is 4.25. The molecule has 0 aromatic heterocycles. The molecule has 0 aliphatic heterocycles. The molecule has 0 spiro atoms. The maximum atomic E-state index is 5.24. The Hall–Kier alpha value is 0.247. The molecule has 0 aromatic rings. The highest BCUT2D eigenvalue weighted by molar-refractivity contribution is 6.96. The third-order valence-corrected chi connectivity index (χ3v) is 1.07. The molecule has 0 aliphatic carbocycles. The average Bonchev–Trinajstić information content (AvgIpc) is 1.41. The minimum absolute atomic E-state index is 0.449. The van der Waals surface area contributed by atoms with Gasteiger partial charge in [0.1, 0.15) is 0 Å². The number of rotatable bonds is 1. The van der Waals surface area contributed by atoms with Crippen molar-refractivity contribution in [2.24, 2.45) is 0 Å². The van der Waals surface area contributed by atoms with Crippen LogP contribution in [-0.4, -0.2) is 8.83 Å². The summed E-state index contributed by atoms with van der Waals surface area (Å²) in [4.78, 5) is 0. The molecule has 0 N–H and O–H groups in total. The maximum Gasteiger partial charge on any atom is 0.202 e. The Balaban J connectivity index is 2.62. The Morgan fingerprint density at radius 1 is 1.80 bits per heavy atom. The van der Waals surface area contributed by atoms with Crippen LogP contribution in [0.3, 0.4) is 0 Å². The zero-order valence-electron chi connectivity index (χ0n) is 3.03. The van der Waals surface area contributed by atoms with E-state index in [-0.39, 0.29) is 0 Å². The molecule has 0 saturated carbocycles. The van der Waals surface area contributed by atoms with Crippen LogP contribution < -0.4 is 0 Å². The van der Waals surface area contributed by atoms with Gasteiger partial charge in [-0.2, -0.15) is 11.1 Å². The van der Waals surface area contributed by atoms with Crippen molar-refractivity contribution in [3.8, 4) is 0 Å². The Morgan fingerprint density at radius 3 is 2.40 bits per heavy atom. The smallest absolute Gasteiger partial charge is 0.165 e. The molecule has 0 aliphatic rings. The molecule has 2 radical (unpaired) electrons. The van der Waals surface area contributed by atoms with E-state index in [4.69, 9.17) is 11.1 Å². The zero-order chi connectivity index (χ0) is 4.12. The summed E-state index contributed by atoms with van der Waals surface area (Å²) in [6, 6.07) is 0. The lowest BCUT2D eigenvalue weighted by Crippen LogP contribution is -1.58. The van der Waals surface area contributed by atoms with Crippen LogP contribution in [0.4, 0.5) is 0 Å². The molecule has 0 atom stereocenters. The monoisotopic (exact) mass is 104 g/mol. The van der Waals surface area contributed by atoms with Crippen molar-refractivity contribution in [2.75, 3.05) is 0 Å². The zero-order valence-corrected chi connectivity index (χ0v) is 4.79. The molecule has 0 unspecified atom stereocenters. The third-order valence-electron chi connectivity index (χ3n) is 0.230.